The Kier molecular flexibility index (Phi) is 6.08. The van der Waals surface area contributed by atoms with E-state index in [1.807, 2.05) is 26.0 Å². The highest BCUT2D eigenvalue weighted by Crippen LogP contribution is 2.38. The number of urea groups is 1. The topological polar surface area (TPSA) is 106 Å². The average Bonchev–Trinajstić information content (AvgIpc) is 2.80. The summed E-state index contributed by atoms with van der Waals surface area (Å²) in [5, 5.41) is 17.4. The molecule has 0 bridgehead atoms. The molecule has 0 aliphatic rings. The Hall–Kier alpha value is -4.17. The molecule has 2 amide bonds. The summed E-state index contributed by atoms with van der Waals surface area (Å²) in [5.41, 5.74) is 3.53. The Bertz CT molecular complexity index is 1530. The van der Waals surface area contributed by atoms with Gasteiger partial charge in [0.05, 0.1) is 10.4 Å². The smallest absolute Gasteiger partial charge is 0.310 e. The van der Waals surface area contributed by atoms with Crippen LogP contribution in [-0.2, 0) is 7.05 Å². The molecule has 0 saturated carbocycles. The fraction of sp³-hybridized carbons (Fsp3) is 0.120. The van der Waals surface area contributed by atoms with Crippen molar-refractivity contribution in [3.8, 4) is 11.1 Å². The van der Waals surface area contributed by atoms with E-state index in [1.54, 1.807) is 31.3 Å². The third-order valence-corrected chi connectivity index (χ3v) is 6.04. The normalized spacial score (nSPS) is 10.8. The number of aromatic nitrogens is 1. The van der Waals surface area contributed by atoms with E-state index in [0.717, 1.165) is 16.5 Å². The van der Waals surface area contributed by atoms with Crippen LogP contribution in [0.3, 0.4) is 0 Å². The number of carbonyl (C=O) groups is 1. The maximum absolute atomic E-state index is 13.4. The summed E-state index contributed by atoms with van der Waals surface area (Å²) in [7, 11) is 1.64. The predicted molar refractivity (Wildman–Crippen MR) is 135 cm³/mol. The van der Waals surface area contributed by atoms with E-state index in [1.165, 1.54) is 28.8 Å². The molecule has 3 aromatic carbocycles. The van der Waals surface area contributed by atoms with E-state index in [0.29, 0.717) is 21.7 Å². The Morgan fingerprint density at radius 2 is 1.71 bits per heavy atom. The molecule has 34 heavy (non-hydrogen) atoms. The SMILES string of the molecule is Cc1cc2c(-c3ccccc3Cl)c(NC(=O)Nc3cccc([N+](=O)[O-])c3)c(=O)n(C)c2cc1C. The van der Waals surface area contributed by atoms with Crippen LogP contribution in [0.25, 0.3) is 22.0 Å². The maximum atomic E-state index is 13.4. The molecule has 1 aromatic heterocycles. The first-order valence-corrected chi connectivity index (χ1v) is 10.8. The van der Waals surface area contributed by atoms with Crippen molar-refractivity contribution in [2.24, 2.45) is 7.05 Å². The number of aryl methyl sites for hydroxylation is 3. The minimum absolute atomic E-state index is 0.0503. The Morgan fingerprint density at radius 3 is 2.41 bits per heavy atom. The minimum Gasteiger partial charge on any atom is -0.310 e. The van der Waals surface area contributed by atoms with Gasteiger partial charge in [-0.1, -0.05) is 35.9 Å². The van der Waals surface area contributed by atoms with Crippen LogP contribution >= 0.6 is 11.6 Å². The minimum atomic E-state index is -0.714. The molecule has 4 rings (SSSR count). The lowest BCUT2D eigenvalue weighted by molar-refractivity contribution is -0.384. The number of hydrogen-bond donors (Lipinski definition) is 2. The molecule has 2 N–H and O–H groups in total. The molecule has 0 spiro atoms. The number of non-ortho nitro benzene ring substituents is 1. The number of pyridine rings is 1. The number of halogens is 1. The standard InChI is InChI=1S/C25H21ClN4O4/c1-14-11-19-21(12-15(14)2)29(3)24(31)23(22(19)18-9-4-5-10-20(18)26)28-25(32)27-16-7-6-8-17(13-16)30(33)34/h4-13H,1-3H3,(H2,27,28,32). The number of nitrogens with zero attached hydrogens (tertiary/aromatic N) is 2. The van der Waals surface area contributed by atoms with Gasteiger partial charge < -0.3 is 15.2 Å². The Labute approximate surface area is 199 Å². The fourth-order valence-corrected chi connectivity index (χ4v) is 4.06. The van der Waals surface area contributed by atoms with E-state index in [2.05, 4.69) is 10.6 Å². The largest absolute Gasteiger partial charge is 0.323 e. The number of fused-ring (bicyclic) bond motifs is 1. The second kappa shape index (κ2) is 8.99. The van der Waals surface area contributed by atoms with Crippen LogP contribution in [0.15, 0.2) is 65.5 Å². The molecule has 1 heterocycles. The van der Waals surface area contributed by atoms with Crippen molar-refractivity contribution in [2.75, 3.05) is 10.6 Å². The molecule has 172 valence electrons. The zero-order chi connectivity index (χ0) is 24.6. The molecule has 8 nitrogen and oxygen atoms in total. The summed E-state index contributed by atoms with van der Waals surface area (Å²) < 4.78 is 1.48. The monoisotopic (exact) mass is 476 g/mol. The molecule has 0 aliphatic carbocycles. The molecule has 0 radical (unpaired) electrons. The van der Waals surface area contributed by atoms with Crippen molar-refractivity contribution in [3.63, 3.8) is 0 Å². The first kappa shape index (κ1) is 23.0. The summed E-state index contributed by atoms with van der Waals surface area (Å²) in [6.45, 7) is 3.94. The summed E-state index contributed by atoms with van der Waals surface area (Å²) in [6, 6.07) is 15.8. The lowest BCUT2D eigenvalue weighted by Gasteiger charge is -2.19. The average molecular weight is 477 g/mol. The summed E-state index contributed by atoms with van der Waals surface area (Å²) in [5.74, 6) is 0. The maximum Gasteiger partial charge on any atom is 0.323 e. The number of carbonyl (C=O) groups excluding carboxylic acids is 1. The van der Waals surface area contributed by atoms with Gasteiger partial charge in [-0.25, -0.2) is 4.79 Å². The van der Waals surface area contributed by atoms with Crippen molar-refractivity contribution >= 4 is 45.6 Å². The summed E-state index contributed by atoms with van der Waals surface area (Å²) in [6.07, 6.45) is 0. The third kappa shape index (κ3) is 4.23. The number of benzene rings is 3. The van der Waals surface area contributed by atoms with Crippen molar-refractivity contribution in [1.29, 1.82) is 0 Å². The molecular weight excluding hydrogens is 456 g/mol. The van der Waals surface area contributed by atoms with E-state index in [4.69, 9.17) is 11.6 Å². The Morgan fingerprint density at radius 1 is 1.00 bits per heavy atom. The molecule has 0 unspecified atom stereocenters. The van der Waals surface area contributed by atoms with Gasteiger partial charge in [-0.05, 0) is 49.2 Å². The van der Waals surface area contributed by atoms with Gasteiger partial charge in [0.25, 0.3) is 11.2 Å². The lowest BCUT2D eigenvalue weighted by atomic mass is 9.96. The van der Waals surface area contributed by atoms with Gasteiger partial charge in [-0.3, -0.25) is 14.9 Å². The number of rotatable bonds is 4. The van der Waals surface area contributed by atoms with Gasteiger partial charge >= 0.3 is 6.03 Å². The van der Waals surface area contributed by atoms with E-state index in [9.17, 15) is 19.7 Å². The highest BCUT2D eigenvalue weighted by Gasteiger charge is 2.21. The van der Waals surface area contributed by atoms with Gasteiger partial charge in [-0.15, -0.1) is 0 Å². The molecule has 9 heteroatoms. The van der Waals surface area contributed by atoms with Crippen LogP contribution in [0.5, 0.6) is 0 Å². The van der Waals surface area contributed by atoms with Crippen LogP contribution in [-0.4, -0.2) is 15.5 Å². The van der Waals surface area contributed by atoms with Crippen molar-refractivity contribution < 1.29 is 9.72 Å². The first-order chi connectivity index (χ1) is 16.2. The van der Waals surface area contributed by atoms with Gasteiger partial charge in [-0.2, -0.15) is 0 Å². The summed E-state index contributed by atoms with van der Waals surface area (Å²) >= 11 is 6.51. The molecule has 0 atom stereocenters. The van der Waals surface area contributed by atoms with Crippen LogP contribution < -0.4 is 16.2 Å². The molecule has 0 aliphatic heterocycles. The highest BCUT2D eigenvalue weighted by molar-refractivity contribution is 6.34. The van der Waals surface area contributed by atoms with Crippen molar-refractivity contribution in [3.05, 3.63) is 97.3 Å². The second-order valence-corrected chi connectivity index (χ2v) is 8.34. The molecule has 4 aromatic rings. The molecular formula is C25H21ClN4O4. The number of anilines is 2. The number of nitro groups is 1. The quantitative estimate of drug-likeness (QED) is 0.277. The second-order valence-electron chi connectivity index (χ2n) is 7.93. The number of nitro benzene ring substituents is 1. The van der Waals surface area contributed by atoms with E-state index < -0.39 is 16.5 Å². The number of hydrogen-bond acceptors (Lipinski definition) is 4. The van der Waals surface area contributed by atoms with Crippen LogP contribution in [0.1, 0.15) is 11.1 Å². The van der Waals surface area contributed by atoms with Crippen molar-refractivity contribution in [2.45, 2.75) is 13.8 Å². The van der Waals surface area contributed by atoms with E-state index in [-0.39, 0.29) is 17.1 Å². The van der Waals surface area contributed by atoms with E-state index >= 15 is 0 Å². The molecule has 0 fully saturated rings. The van der Waals surface area contributed by atoms with Crippen LogP contribution in [0, 0.1) is 24.0 Å². The van der Waals surface area contributed by atoms with Crippen LogP contribution in [0.4, 0.5) is 21.9 Å². The van der Waals surface area contributed by atoms with Gasteiger partial charge in [0.15, 0.2) is 0 Å². The third-order valence-electron chi connectivity index (χ3n) is 5.71. The van der Waals surface area contributed by atoms with Crippen LogP contribution in [0.2, 0.25) is 5.02 Å². The number of amides is 2. The van der Waals surface area contributed by atoms with Crippen molar-refractivity contribution in [1.82, 2.24) is 4.57 Å². The fourth-order valence-electron chi connectivity index (χ4n) is 3.83. The van der Waals surface area contributed by atoms with Gasteiger partial charge in [0, 0.05) is 46.4 Å². The van der Waals surface area contributed by atoms with Gasteiger partial charge in [0.2, 0.25) is 0 Å². The molecule has 0 saturated heterocycles. The zero-order valence-electron chi connectivity index (χ0n) is 18.7. The van der Waals surface area contributed by atoms with Gasteiger partial charge in [0.1, 0.15) is 5.69 Å². The summed E-state index contributed by atoms with van der Waals surface area (Å²) in [4.78, 5) is 36.8. The highest BCUT2D eigenvalue weighted by atomic mass is 35.5. The Balaban J connectivity index is 1.88. The number of nitrogens with one attached hydrogen (secondary N) is 2. The predicted octanol–water partition coefficient (Wildman–Crippen LogP) is 6.03. The first-order valence-electron chi connectivity index (χ1n) is 10.4. The zero-order valence-corrected chi connectivity index (χ0v) is 19.4. The lowest BCUT2D eigenvalue weighted by Crippen LogP contribution is -2.28.